The van der Waals surface area contributed by atoms with Gasteiger partial charge >= 0.3 is 12.1 Å². The number of esters is 1. The van der Waals surface area contributed by atoms with Crippen LogP contribution in [-0.2, 0) is 25.5 Å². The van der Waals surface area contributed by atoms with Crippen LogP contribution in [0.2, 0.25) is 0 Å². The third kappa shape index (κ3) is 3.94. The molecule has 1 N–H and O–H groups in total. The molecule has 1 aromatic rings. The zero-order valence-corrected chi connectivity index (χ0v) is 20.0. The Morgan fingerprint density at radius 3 is 2.79 bits per heavy atom. The Morgan fingerprint density at radius 1 is 1.21 bits per heavy atom. The molecular formula is C27H34N2O5. The van der Waals surface area contributed by atoms with Crippen LogP contribution in [0.15, 0.2) is 48.2 Å². The topological polar surface area (TPSA) is 86.8 Å². The summed E-state index contributed by atoms with van der Waals surface area (Å²) in [6.07, 6.45) is 7.50. The Balaban J connectivity index is 1.41. The summed E-state index contributed by atoms with van der Waals surface area (Å²) in [7, 11) is 0. The third-order valence-corrected chi connectivity index (χ3v) is 8.91. The number of rotatable bonds is 6. The fourth-order valence-corrected chi connectivity index (χ4v) is 7.10. The summed E-state index contributed by atoms with van der Waals surface area (Å²) in [5.41, 5.74) is 2.62. The van der Waals surface area contributed by atoms with Crippen molar-refractivity contribution in [3.63, 3.8) is 0 Å². The Kier molecular flexibility index (Phi) is 6.00. The molecule has 3 fully saturated rings. The molecule has 4 aliphatic rings. The number of ether oxygens (including phenoxy) is 3. The lowest BCUT2D eigenvalue weighted by Gasteiger charge is -2.61. The molecule has 5 rings (SSSR count). The molecule has 6 atom stereocenters. The van der Waals surface area contributed by atoms with Crippen LogP contribution in [0.5, 0.6) is 0 Å². The van der Waals surface area contributed by atoms with Gasteiger partial charge in [0.1, 0.15) is 19.3 Å². The van der Waals surface area contributed by atoms with Gasteiger partial charge in [-0.05, 0) is 67.6 Å². The van der Waals surface area contributed by atoms with Crippen molar-refractivity contribution in [2.75, 3.05) is 13.2 Å². The zero-order valence-electron chi connectivity index (χ0n) is 20.0. The Bertz CT molecular complexity index is 1010. The van der Waals surface area contributed by atoms with Crippen molar-refractivity contribution < 1.29 is 23.8 Å². The fraction of sp³-hybridized carbons (Fsp3) is 0.593. The Labute approximate surface area is 200 Å². The second-order valence-electron chi connectivity index (χ2n) is 10.7. The maximum absolute atomic E-state index is 12.5. The minimum absolute atomic E-state index is 0.0261. The minimum atomic E-state index is -0.548. The van der Waals surface area contributed by atoms with Gasteiger partial charge in [-0.2, -0.15) is 0 Å². The van der Waals surface area contributed by atoms with Gasteiger partial charge in [0.25, 0.3) is 0 Å². The van der Waals surface area contributed by atoms with Gasteiger partial charge in [0.2, 0.25) is 0 Å². The lowest BCUT2D eigenvalue weighted by molar-refractivity contribution is -0.193. The smallest absolute Gasteiger partial charge is 0.458 e. The average molecular weight is 467 g/mol. The monoisotopic (exact) mass is 466 g/mol. The molecule has 3 heterocycles. The van der Waals surface area contributed by atoms with Crippen LogP contribution >= 0.6 is 0 Å². The van der Waals surface area contributed by atoms with Crippen molar-refractivity contribution in [1.82, 2.24) is 10.3 Å². The van der Waals surface area contributed by atoms with Crippen molar-refractivity contribution in [3.05, 3.63) is 53.9 Å². The number of cyclic esters (lactones) is 2. The lowest BCUT2D eigenvalue weighted by atomic mass is 9.45. The molecule has 0 aromatic carbocycles. The van der Waals surface area contributed by atoms with E-state index < -0.39 is 6.16 Å². The second-order valence-corrected chi connectivity index (χ2v) is 10.7. The number of nitrogens with one attached hydrogen (secondary N) is 1. The van der Waals surface area contributed by atoms with Crippen molar-refractivity contribution >= 4 is 12.1 Å². The van der Waals surface area contributed by atoms with E-state index in [1.807, 2.05) is 24.3 Å². The van der Waals surface area contributed by atoms with Gasteiger partial charge in [0, 0.05) is 24.2 Å². The molecule has 2 saturated carbocycles. The van der Waals surface area contributed by atoms with E-state index in [1.54, 1.807) is 6.20 Å². The highest BCUT2D eigenvalue weighted by molar-refractivity contribution is 5.91. The highest BCUT2D eigenvalue weighted by Crippen LogP contribution is 2.63. The predicted octanol–water partition coefficient (Wildman–Crippen LogP) is 4.34. The van der Waals surface area contributed by atoms with Crippen molar-refractivity contribution in [2.24, 2.45) is 22.7 Å². The summed E-state index contributed by atoms with van der Waals surface area (Å²) in [5, 5.41) is 3.59. The predicted molar refractivity (Wildman–Crippen MR) is 126 cm³/mol. The van der Waals surface area contributed by atoms with E-state index in [1.165, 1.54) is 5.57 Å². The molecule has 182 valence electrons. The maximum Gasteiger partial charge on any atom is 0.508 e. The molecule has 2 aliphatic carbocycles. The number of pyridine rings is 1. The van der Waals surface area contributed by atoms with E-state index in [0.717, 1.165) is 37.8 Å². The summed E-state index contributed by atoms with van der Waals surface area (Å²) in [6.45, 7) is 10.4. The molecule has 1 aromatic heterocycles. The van der Waals surface area contributed by atoms with Gasteiger partial charge < -0.3 is 19.5 Å². The van der Waals surface area contributed by atoms with Gasteiger partial charge in [-0.25, -0.2) is 9.59 Å². The molecule has 2 unspecified atom stereocenters. The SMILES string of the molecule is C=C1CCC2[C@]3(C)COC(=O)O[C@@H]3CC[C@@]2(C)[C@@H]1CC(NCc1ccccn1)C1=CCOC1=O. The molecule has 34 heavy (non-hydrogen) atoms. The fourth-order valence-electron chi connectivity index (χ4n) is 7.10. The lowest BCUT2D eigenvalue weighted by Crippen LogP contribution is -2.61. The van der Waals surface area contributed by atoms with Crippen LogP contribution in [0.3, 0.4) is 0 Å². The molecular weight excluding hydrogens is 432 g/mol. The average Bonchev–Trinajstić information content (AvgIpc) is 3.25. The van der Waals surface area contributed by atoms with Crippen LogP contribution in [0.4, 0.5) is 4.79 Å². The largest absolute Gasteiger partial charge is 0.508 e. The molecule has 0 radical (unpaired) electrons. The van der Waals surface area contributed by atoms with Gasteiger partial charge in [-0.15, -0.1) is 0 Å². The standard InChI is InChI=1S/C27H34N2O5/c1-17-7-8-22-26(2,11-9-23-27(22,3)16-33-25(31)34-23)20(17)14-21(19-10-13-32-24(19)30)29-15-18-6-4-5-12-28-18/h4-6,10,12,20-23,29H,1,7-9,11,13-16H2,2-3H3/t20-,21?,22?,23-,26+,27+/m1/s1. The first-order valence-electron chi connectivity index (χ1n) is 12.3. The summed E-state index contributed by atoms with van der Waals surface area (Å²) in [5.74, 6) is 0.311. The molecule has 0 bridgehead atoms. The number of fused-ring (bicyclic) bond motifs is 3. The van der Waals surface area contributed by atoms with Crippen molar-refractivity contribution in [3.8, 4) is 0 Å². The summed E-state index contributed by atoms with van der Waals surface area (Å²) >= 11 is 0. The molecule has 7 heteroatoms. The molecule has 0 spiro atoms. The van der Waals surface area contributed by atoms with Crippen LogP contribution in [-0.4, -0.2) is 42.5 Å². The quantitative estimate of drug-likeness (QED) is 0.493. The first-order valence-corrected chi connectivity index (χ1v) is 12.3. The number of aromatic nitrogens is 1. The van der Waals surface area contributed by atoms with E-state index in [2.05, 4.69) is 30.7 Å². The number of carbonyl (C=O) groups is 2. The summed E-state index contributed by atoms with van der Waals surface area (Å²) < 4.78 is 16.3. The van der Waals surface area contributed by atoms with Crippen LogP contribution in [0, 0.1) is 22.7 Å². The van der Waals surface area contributed by atoms with Crippen LogP contribution in [0.1, 0.15) is 51.6 Å². The van der Waals surface area contributed by atoms with Gasteiger partial charge in [0.15, 0.2) is 0 Å². The number of carbonyl (C=O) groups excluding carboxylic acids is 2. The van der Waals surface area contributed by atoms with E-state index in [9.17, 15) is 9.59 Å². The first kappa shape index (κ1) is 23.1. The van der Waals surface area contributed by atoms with Crippen LogP contribution < -0.4 is 5.32 Å². The highest BCUT2D eigenvalue weighted by atomic mass is 16.7. The van der Waals surface area contributed by atoms with E-state index >= 15 is 0 Å². The molecule has 2 aliphatic heterocycles. The minimum Gasteiger partial charge on any atom is -0.458 e. The van der Waals surface area contributed by atoms with Gasteiger partial charge in [-0.3, -0.25) is 4.98 Å². The zero-order chi connectivity index (χ0) is 23.9. The van der Waals surface area contributed by atoms with E-state index in [0.29, 0.717) is 31.2 Å². The van der Waals surface area contributed by atoms with Crippen molar-refractivity contribution in [2.45, 2.75) is 64.6 Å². The Morgan fingerprint density at radius 2 is 2.06 bits per heavy atom. The maximum atomic E-state index is 12.5. The van der Waals surface area contributed by atoms with Crippen molar-refractivity contribution in [1.29, 1.82) is 0 Å². The second kappa shape index (κ2) is 8.84. The third-order valence-electron chi connectivity index (χ3n) is 8.91. The van der Waals surface area contributed by atoms with Crippen LogP contribution in [0.25, 0.3) is 0 Å². The number of hydrogen-bond acceptors (Lipinski definition) is 7. The number of allylic oxidation sites excluding steroid dienone is 1. The molecule has 0 amide bonds. The number of hydrogen-bond donors (Lipinski definition) is 1. The molecule has 7 nitrogen and oxygen atoms in total. The Hall–Kier alpha value is -2.67. The highest BCUT2D eigenvalue weighted by Gasteiger charge is 2.61. The van der Waals surface area contributed by atoms with E-state index in [-0.39, 0.29) is 34.9 Å². The summed E-state index contributed by atoms with van der Waals surface area (Å²) in [4.78, 5) is 28.8. The number of nitrogens with zero attached hydrogens (tertiary/aromatic N) is 1. The normalized spacial score (nSPS) is 35.9. The van der Waals surface area contributed by atoms with E-state index in [4.69, 9.17) is 14.2 Å². The first-order chi connectivity index (χ1) is 16.3. The van der Waals surface area contributed by atoms with Gasteiger partial charge in [-0.1, -0.05) is 32.1 Å². The van der Waals surface area contributed by atoms with Gasteiger partial charge in [0.05, 0.1) is 11.3 Å². The summed E-state index contributed by atoms with van der Waals surface area (Å²) in [6, 6.07) is 5.69. The molecule has 1 saturated heterocycles.